The fraction of sp³-hybridized carbons (Fsp3) is 0.750. The Balaban J connectivity index is 2.43. The van der Waals surface area contributed by atoms with Crippen molar-refractivity contribution < 1.29 is 4.79 Å². The smallest absolute Gasteiger partial charge is 0.142 e. The van der Waals surface area contributed by atoms with Crippen LogP contribution in [-0.2, 0) is 4.79 Å². The first-order valence-corrected chi connectivity index (χ1v) is 5.21. The summed E-state index contributed by atoms with van der Waals surface area (Å²) < 4.78 is 0. The molecule has 2 aliphatic rings. The van der Waals surface area contributed by atoms with Crippen LogP contribution in [0.5, 0.6) is 0 Å². The predicted octanol–water partition coefficient (Wildman–Crippen LogP) is 3.10. The van der Waals surface area contributed by atoms with Gasteiger partial charge in [0.25, 0.3) is 0 Å². The zero-order chi connectivity index (χ0) is 9.69. The minimum Gasteiger partial charge on any atom is -0.299 e. The summed E-state index contributed by atoms with van der Waals surface area (Å²) in [6.07, 6.45) is 6.57. The molecule has 0 bridgehead atoms. The average molecular weight is 178 g/mol. The summed E-state index contributed by atoms with van der Waals surface area (Å²) in [5.41, 5.74) is 1.58. The Bertz CT molecular complexity index is 285. The van der Waals surface area contributed by atoms with Crippen molar-refractivity contribution in [2.75, 3.05) is 0 Å². The van der Waals surface area contributed by atoms with Gasteiger partial charge in [0, 0.05) is 11.8 Å². The molecule has 0 unspecified atom stereocenters. The van der Waals surface area contributed by atoms with Gasteiger partial charge in [-0.25, -0.2) is 0 Å². The number of carbonyl (C=O) groups is 1. The highest BCUT2D eigenvalue weighted by molar-refractivity contribution is 5.89. The second-order valence-electron chi connectivity index (χ2n) is 5.27. The second kappa shape index (κ2) is 2.46. The Hall–Kier alpha value is -0.590. The van der Waals surface area contributed by atoms with Gasteiger partial charge in [0.2, 0.25) is 0 Å². The van der Waals surface area contributed by atoms with E-state index in [-0.39, 0.29) is 5.41 Å². The Morgan fingerprint density at radius 2 is 1.92 bits per heavy atom. The van der Waals surface area contributed by atoms with Crippen molar-refractivity contribution >= 4 is 5.78 Å². The Morgan fingerprint density at radius 3 is 2.62 bits per heavy atom. The van der Waals surface area contributed by atoms with Crippen molar-refractivity contribution in [3.63, 3.8) is 0 Å². The van der Waals surface area contributed by atoms with E-state index in [0.717, 1.165) is 12.8 Å². The Kier molecular flexibility index (Phi) is 1.70. The molecule has 72 valence electrons. The van der Waals surface area contributed by atoms with Crippen LogP contribution >= 0.6 is 0 Å². The van der Waals surface area contributed by atoms with Gasteiger partial charge in [-0.15, -0.1) is 0 Å². The molecule has 0 aromatic carbocycles. The number of allylic oxidation sites excluding steroid dienone is 2. The maximum absolute atomic E-state index is 11.8. The molecule has 0 aromatic rings. The number of hydrogen-bond acceptors (Lipinski definition) is 1. The molecule has 0 radical (unpaired) electrons. The van der Waals surface area contributed by atoms with Crippen LogP contribution in [0.4, 0.5) is 0 Å². The van der Waals surface area contributed by atoms with Gasteiger partial charge in [0.1, 0.15) is 5.78 Å². The number of ketones is 1. The third-order valence-corrected chi connectivity index (χ3v) is 3.97. The summed E-state index contributed by atoms with van der Waals surface area (Å²) in [4.78, 5) is 11.8. The van der Waals surface area contributed by atoms with E-state index in [9.17, 15) is 4.79 Å². The monoisotopic (exact) mass is 178 g/mol. The summed E-state index contributed by atoms with van der Waals surface area (Å²) in [7, 11) is 0. The van der Waals surface area contributed by atoms with Gasteiger partial charge in [-0.2, -0.15) is 0 Å². The number of Topliss-reactive ketones (excluding diaryl/α,β-unsaturated/α-hetero) is 1. The quantitative estimate of drug-likeness (QED) is 0.521. The zero-order valence-corrected chi connectivity index (χ0v) is 8.81. The summed E-state index contributed by atoms with van der Waals surface area (Å²) >= 11 is 0. The lowest BCUT2D eigenvalue weighted by Gasteiger charge is -2.42. The minimum absolute atomic E-state index is 0.177. The van der Waals surface area contributed by atoms with Crippen molar-refractivity contribution in [1.82, 2.24) is 0 Å². The molecular weight excluding hydrogens is 160 g/mol. The van der Waals surface area contributed by atoms with E-state index in [0.29, 0.717) is 11.2 Å². The van der Waals surface area contributed by atoms with Gasteiger partial charge >= 0.3 is 0 Å². The standard InChI is InChI=1S/C12H18O/c1-11(2)9-5-4-7-12(9,3)8-6-10(11)13/h5H,4,6-8H2,1-3H3/t12-/m0/s1. The number of hydrogen-bond donors (Lipinski definition) is 0. The lowest BCUT2D eigenvalue weighted by Crippen LogP contribution is -2.39. The topological polar surface area (TPSA) is 17.1 Å². The van der Waals surface area contributed by atoms with Gasteiger partial charge in [0.05, 0.1) is 0 Å². The van der Waals surface area contributed by atoms with E-state index in [1.54, 1.807) is 0 Å². The highest BCUT2D eigenvalue weighted by Crippen LogP contribution is 2.54. The molecule has 0 amide bonds. The van der Waals surface area contributed by atoms with E-state index in [2.05, 4.69) is 26.8 Å². The summed E-state index contributed by atoms with van der Waals surface area (Å²) in [6, 6.07) is 0. The van der Waals surface area contributed by atoms with E-state index < -0.39 is 0 Å². The van der Waals surface area contributed by atoms with Crippen LogP contribution in [-0.4, -0.2) is 5.78 Å². The largest absolute Gasteiger partial charge is 0.299 e. The maximum atomic E-state index is 11.8. The molecule has 2 rings (SSSR count). The maximum Gasteiger partial charge on any atom is 0.142 e. The van der Waals surface area contributed by atoms with Crippen LogP contribution in [0.3, 0.4) is 0 Å². The summed E-state index contributed by atoms with van der Waals surface area (Å²) in [6.45, 7) is 6.49. The molecule has 1 saturated carbocycles. The first kappa shape index (κ1) is 8.98. The molecule has 0 spiro atoms. The lowest BCUT2D eigenvalue weighted by molar-refractivity contribution is -0.128. The molecule has 1 atom stereocenters. The molecule has 1 nitrogen and oxygen atoms in total. The second-order valence-corrected chi connectivity index (χ2v) is 5.27. The van der Waals surface area contributed by atoms with E-state index in [4.69, 9.17) is 0 Å². The van der Waals surface area contributed by atoms with Gasteiger partial charge in [-0.1, -0.05) is 18.6 Å². The molecule has 0 N–H and O–H groups in total. The fourth-order valence-electron chi connectivity index (χ4n) is 3.04. The minimum atomic E-state index is -0.177. The van der Waals surface area contributed by atoms with Crippen molar-refractivity contribution in [1.29, 1.82) is 0 Å². The number of fused-ring (bicyclic) bond motifs is 1. The van der Waals surface area contributed by atoms with Crippen LogP contribution in [0.2, 0.25) is 0 Å². The molecular formula is C12H18O. The van der Waals surface area contributed by atoms with E-state index in [1.165, 1.54) is 18.4 Å². The van der Waals surface area contributed by atoms with Gasteiger partial charge in [-0.3, -0.25) is 4.79 Å². The van der Waals surface area contributed by atoms with Crippen molar-refractivity contribution in [3.05, 3.63) is 11.6 Å². The van der Waals surface area contributed by atoms with Crippen LogP contribution in [0.1, 0.15) is 46.5 Å². The van der Waals surface area contributed by atoms with Crippen molar-refractivity contribution in [3.8, 4) is 0 Å². The van der Waals surface area contributed by atoms with E-state index in [1.807, 2.05) is 0 Å². The highest BCUT2D eigenvalue weighted by atomic mass is 16.1. The molecule has 0 aromatic heterocycles. The SMILES string of the molecule is CC1(C)C(=O)CC[C@]2(C)CCC=C12. The fourth-order valence-corrected chi connectivity index (χ4v) is 3.04. The number of carbonyl (C=O) groups excluding carboxylic acids is 1. The Labute approximate surface area is 80.2 Å². The number of rotatable bonds is 0. The molecule has 2 aliphatic carbocycles. The molecule has 0 heterocycles. The predicted molar refractivity (Wildman–Crippen MR) is 53.4 cm³/mol. The third-order valence-electron chi connectivity index (χ3n) is 3.97. The van der Waals surface area contributed by atoms with Crippen LogP contribution in [0, 0.1) is 10.8 Å². The van der Waals surface area contributed by atoms with Crippen molar-refractivity contribution in [2.45, 2.75) is 46.5 Å². The van der Waals surface area contributed by atoms with E-state index >= 15 is 0 Å². The molecule has 1 heteroatoms. The van der Waals surface area contributed by atoms with Crippen LogP contribution in [0.15, 0.2) is 11.6 Å². The normalized spacial score (nSPS) is 37.2. The first-order valence-electron chi connectivity index (χ1n) is 5.21. The molecule has 1 fully saturated rings. The first-order chi connectivity index (χ1) is 5.97. The summed E-state index contributed by atoms with van der Waals surface area (Å²) in [5.74, 6) is 0.429. The lowest BCUT2D eigenvalue weighted by atomic mass is 9.61. The third kappa shape index (κ3) is 1.09. The van der Waals surface area contributed by atoms with Crippen molar-refractivity contribution in [2.24, 2.45) is 10.8 Å². The van der Waals surface area contributed by atoms with Crippen LogP contribution < -0.4 is 0 Å². The van der Waals surface area contributed by atoms with Gasteiger partial charge in [0.15, 0.2) is 0 Å². The van der Waals surface area contributed by atoms with Gasteiger partial charge in [-0.05, 0) is 38.5 Å². The molecule has 13 heavy (non-hydrogen) atoms. The zero-order valence-electron chi connectivity index (χ0n) is 8.81. The molecule has 0 aliphatic heterocycles. The highest BCUT2D eigenvalue weighted by Gasteiger charge is 2.47. The van der Waals surface area contributed by atoms with Gasteiger partial charge < -0.3 is 0 Å². The molecule has 0 saturated heterocycles. The van der Waals surface area contributed by atoms with Crippen LogP contribution in [0.25, 0.3) is 0 Å². The summed E-state index contributed by atoms with van der Waals surface area (Å²) in [5, 5.41) is 0. The average Bonchev–Trinajstić information content (AvgIpc) is 2.43. The Morgan fingerprint density at radius 1 is 1.23 bits per heavy atom.